The van der Waals surface area contributed by atoms with Gasteiger partial charge < -0.3 is 0 Å². The molecule has 0 unspecified atom stereocenters. The van der Waals surface area contributed by atoms with Crippen molar-refractivity contribution in [3.05, 3.63) is 0 Å². The lowest BCUT2D eigenvalue weighted by Crippen LogP contribution is -2.06. The fraction of sp³-hybridized carbons (Fsp3) is 0.938. The summed E-state index contributed by atoms with van der Waals surface area (Å²) in [6, 6.07) is 0. The van der Waals surface area contributed by atoms with E-state index in [9.17, 15) is 4.79 Å². The summed E-state index contributed by atoms with van der Waals surface area (Å²) >= 11 is 8.67. The highest BCUT2D eigenvalue weighted by atomic mass is 79.9. The molecule has 0 saturated carbocycles. The number of carbonyl (C=O) groups excluding carboxylic acids is 1. The van der Waals surface area contributed by atoms with E-state index < -0.39 is 0 Å². The van der Waals surface area contributed by atoms with Crippen molar-refractivity contribution in [1.82, 2.24) is 0 Å². The zero-order valence-electron chi connectivity index (χ0n) is 12.4. The van der Waals surface area contributed by atoms with Crippen molar-refractivity contribution >= 4 is 32.8 Å². The summed E-state index contributed by atoms with van der Waals surface area (Å²) in [5.74, 6) is 0. The second kappa shape index (κ2) is 14.8. The van der Waals surface area contributed by atoms with Crippen LogP contribution in [0.15, 0.2) is 0 Å². The Labute approximate surface area is 133 Å². The smallest absolute Gasteiger partial charge is 0.235 e. The lowest BCUT2D eigenvalue weighted by atomic mass is 10.0. The zero-order chi connectivity index (χ0) is 14.3. The van der Waals surface area contributed by atoms with Crippen LogP contribution >= 0.6 is 27.5 Å². The van der Waals surface area contributed by atoms with Gasteiger partial charge in [0.15, 0.2) is 0 Å². The van der Waals surface area contributed by atoms with Crippen LogP contribution in [0.1, 0.15) is 90.4 Å². The summed E-state index contributed by atoms with van der Waals surface area (Å²) in [5.41, 5.74) is 0. The molecule has 0 N–H and O–H groups in total. The highest BCUT2D eigenvalue weighted by Crippen LogP contribution is 2.16. The summed E-state index contributed by atoms with van der Waals surface area (Å²) < 4.78 is 0. The molecule has 1 nitrogen and oxygen atoms in total. The van der Waals surface area contributed by atoms with Crippen molar-refractivity contribution in [1.29, 1.82) is 0 Å². The third-order valence-corrected chi connectivity index (χ3v) is 4.96. The van der Waals surface area contributed by atoms with Gasteiger partial charge in [-0.25, -0.2) is 0 Å². The highest BCUT2D eigenvalue weighted by Gasteiger charge is 2.10. The maximum atomic E-state index is 10.8. The third-order valence-electron chi connectivity index (χ3n) is 3.56. The van der Waals surface area contributed by atoms with Crippen molar-refractivity contribution in [2.24, 2.45) is 0 Å². The molecule has 3 heteroatoms. The first kappa shape index (κ1) is 19.4. The molecule has 0 radical (unpaired) electrons. The Kier molecular flexibility index (Phi) is 15.2. The molecule has 19 heavy (non-hydrogen) atoms. The van der Waals surface area contributed by atoms with E-state index in [1.807, 2.05) is 0 Å². The summed E-state index contributed by atoms with van der Waals surface area (Å²) in [6.45, 7) is 2.26. The van der Waals surface area contributed by atoms with E-state index in [2.05, 4.69) is 22.9 Å². The molecule has 0 aliphatic heterocycles. The van der Waals surface area contributed by atoms with Crippen molar-refractivity contribution in [2.45, 2.75) is 95.2 Å². The van der Waals surface area contributed by atoms with Gasteiger partial charge in [-0.3, -0.25) is 4.79 Å². The van der Waals surface area contributed by atoms with E-state index >= 15 is 0 Å². The maximum Gasteiger partial charge on any atom is 0.235 e. The molecule has 0 bridgehead atoms. The van der Waals surface area contributed by atoms with E-state index in [0.29, 0.717) is 0 Å². The van der Waals surface area contributed by atoms with Gasteiger partial charge >= 0.3 is 0 Å². The largest absolute Gasteiger partial charge is 0.280 e. The molecule has 0 amide bonds. The quantitative estimate of drug-likeness (QED) is 0.195. The molecule has 0 rings (SSSR count). The van der Waals surface area contributed by atoms with Crippen LogP contribution in [0.25, 0.3) is 0 Å². The molecule has 0 aliphatic rings. The Hall–Kier alpha value is 0.440. The molecule has 0 aromatic carbocycles. The molecular weight excluding hydrogens is 324 g/mol. The number of carbonyl (C=O) groups is 1. The monoisotopic (exact) mass is 352 g/mol. The van der Waals surface area contributed by atoms with E-state index in [0.717, 1.165) is 12.8 Å². The van der Waals surface area contributed by atoms with Crippen molar-refractivity contribution in [3.63, 3.8) is 0 Å². The van der Waals surface area contributed by atoms with Gasteiger partial charge in [-0.2, -0.15) is 0 Å². The van der Waals surface area contributed by atoms with Crippen molar-refractivity contribution in [2.75, 3.05) is 0 Å². The standard InChI is InChI=1S/C16H30BrClO/c1-2-3-4-5-6-7-8-9-10-11-12-13-14-15(17)16(18)19/h15H,2-14H2,1H3/t15-/m1/s1. The van der Waals surface area contributed by atoms with E-state index in [1.54, 1.807) is 0 Å². The average Bonchev–Trinajstić information content (AvgIpc) is 2.39. The number of unbranched alkanes of at least 4 members (excludes halogenated alkanes) is 11. The molecule has 0 aliphatic carbocycles. The van der Waals surface area contributed by atoms with Gasteiger partial charge in [-0.1, -0.05) is 99.9 Å². The van der Waals surface area contributed by atoms with Crippen LogP contribution in [-0.4, -0.2) is 10.1 Å². The number of alkyl halides is 1. The number of hydrogen-bond acceptors (Lipinski definition) is 1. The number of halogens is 2. The Morgan fingerprint density at radius 1 is 0.842 bits per heavy atom. The van der Waals surface area contributed by atoms with Gasteiger partial charge in [0.2, 0.25) is 5.24 Å². The Morgan fingerprint density at radius 2 is 1.21 bits per heavy atom. The second-order valence-corrected chi connectivity index (χ2v) is 6.93. The molecule has 0 fully saturated rings. The van der Waals surface area contributed by atoms with Gasteiger partial charge in [0.25, 0.3) is 0 Å². The van der Waals surface area contributed by atoms with Crippen LogP contribution in [0.5, 0.6) is 0 Å². The normalized spacial score (nSPS) is 12.6. The molecule has 0 aromatic rings. The first-order valence-electron chi connectivity index (χ1n) is 8.02. The van der Waals surface area contributed by atoms with Crippen LogP contribution < -0.4 is 0 Å². The minimum Gasteiger partial charge on any atom is -0.280 e. The van der Waals surface area contributed by atoms with E-state index in [-0.39, 0.29) is 10.1 Å². The minimum atomic E-state index is -0.261. The fourth-order valence-corrected chi connectivity index (χ4v) is 2.71. The molecule has 0 saturated heterocycles. The SMILES string of the molecule is CCCCCCCCCCCCCC[C@@H](Br)C(=O)Cl. The van der Waals surface area contributed by atoms with E-state index in [1.165, 1.54) is 70.6 Å². The van der Waals surface area contributed by atoms with Gasteiger partial charge in [0.1, 0.15) is 0 Å². The van der Waals surface area contributed by atoms with Crippen LogP contribution in [0.3, 0.4) is 0 Å². The average molecular weight is 354 g/mol. The summed E-state index contributed by atoms with van der Waals surface area (Å²) in [5, 5.41) is -0.261. The van der Waals surface area contributed by atoms with Crippen molar-refractivity contribution in [3.8, 4) is 0 Å². The summed E-state index contributed by atoms with van der Waals surface area (Å²) in [4.78, 5) is 10.7. The second-order valence-electron chi connectivity index (χ2n) is 5.45. The van der Waals surface area contributed by atoms with Crippen LogP contribution in [0, 0.1) is 0 Å². The molecule has 1 atom stereocenters. The molecule has 0 aromatic heterocycles. The molecular formula is C16H30BrClO. The Morgan fingerprint density at radius 3 is 1.58 bits per heavy atom. The number of hydrogen-bond donors (Lipinski definition) is 0. The van der Waals surface area contributed by atoms with Gasteiger partial charge in [-0.15, -0.1) is 0 Å². The zero-order valence-corrected chi connectivity index (χ0v) is 14.8. The lowest BCUT2D eigenvalue weighted by molar-refractivity contribution is -0.111. The van der Waals surface area contributed by atoms with E-state index in [4.69, 9.17) is 11.6 Å². The maximum absolute atomic E-state index is 10.8. The first-order chi connectivity index (χ1) is 9.18. The predicted octanol–water partition coefficient (Wildman–Crippen LogP) is 6.61. The molecule has 114 valence electrons. The lowest BCUT2D eigenvalue weighted by Gasteiger charge is -2.04. The topological polar surface area (TPSA) is 17.1 Å². The van der Waals surface area contributed by atoms with Crippen LogP contribution in [0.4, 0.5) is 0 Å². The Bertz CT molecular complexity index is 209. The Balaban J connectivity index is 3.05. The van der Waals surface area contributed by atoms with Crippen LogP contribution in [-0.2, 0) is 4.79 Å². The summed E-state index contributed by atoms with van der Waals surface area (Å²) in [6.07, 6.45) is 17.0. The summed E-state index contributed by atoms with van der Waals surface area (Å²) in [7, 11) is 0. The molecule has 0 heterocycles. The van der Waals surface area contributed by atoms with Gasteiger partial charge in [0, 0.05) is 0 Å². The fourth-order valence-electron chi connectivity index (χ4n) is 2.28. The highest BCUT2D eigenvalue weighted by molar-refractivity contribution is 9.10. The minimum absolute atomic E-state index is 0.141. The first-order valence-corrected chi connectivity index (χ1v) is 9.31. The van der Waals surface area contributed by atoms with Gasteiger partial charge in [0.05, 0.1) is 4.83 Å². The molecule has 0 spiro atoms. The third kappa shape index (κ3) is 14.7. The number of rotatable bonds is 14. The predicted molar refractivity (Wildman–Crippen MR) is 89.3 cm³/mol. The van der Waals surface area contributed by atoms with Gasteiger partial charge in [-0.05, 0) is 18.0 Å². The van der Waals surface area contributed by atoms with Crippen molar-refractivity contribution < 1.29 is 4.79 Å². The van der Waals surface area contributed by atoms with Crippen LogP contribution in [0.2, 0.25) is 0 Å².